The number of para-hydroxylation sites is 2. The molecule has 2 heterocycles. The Morgan fingerprint density at radius 2 is 1.55 bits per heavy atom. The maximum atomic E-state index is 9.96. The van der Waals surface area contributed by atoms with Crippen LogP contribution in [0.3, 0.4) is 0 Å². The molecule has 0 saturated heterocycles. The van der Waals surface area contributed by atoms with E-state index in [1.165, 1.54) is 55.0 Å². The monoisotopic (exact) mass is 568 g/mol. The smallest absolute Gasteiger partial charge is 0.135 e. The highest BCUT2D eigenvalue weighted by Crippen LogP contribution is 2.59. The molecule has 6 aromatic rings. The minimum atomic E-state index is -0.0216. The lowest BCUT2D eigenvalue weighted by Gasteiger charge is -2.31. The zero-order valence-corrected chi connectivity index (χ0v) is 25.1. The fourth-order valence-electron chi connectivity index (χ4n) is 8.60. The predicted octanol–water partition coefficient (Wildman–Crippen LogP) is 10.6. The summed E-state index contributed by atoms with van der Waals surface area (Å²) in [4.78, 5) is 0. The van der Waals surface area contributed by atoms with Gasteiger partial charge in [-0.3, -0.25) is 0 Å². The van der Waals surface area contributed by atoms with Crippen LogP contribution in [0.15, 0.2) is 119 Å². The van der Waals surface area contributed by atoms with Crippen molar-refractivity contribution in [2.75, 3.05) is 0 Å². The van der Waals surface area contributed by atoms with Gasteiger partial charge in [-0.25, -0.2) is 0 Å². The summed E-state index contributed by atoms with van der Waals surface area (Å²) in [7, 11) is 0. The Hall–Kier alpha value is -5.07. The number of furan rings is 1. The summed E-state index contributed by atoms with van der Waals surface area (Å²) in [6.45, 7) is 7.08. The van der Waals surface area contributed by atoms with E-state index in [1.807, 2.05) is 0 Å². The molecule has 0 fully saturated rings. The number of benzene rings is 4. The van der Waals surface area contributed by atoms with Gasteiger partial charge >= 0.3 is 0 Å². The third-order valence-electron chi connectivity index (χ3n) is 10.7. The third-order valence-corrected chi connectivity index (χ3v) is 10.7. The minimum absolute atomic E-state index is 0.0216. The average molecular weight is 569 g/mol. The van der Waals surface area contributed by atoms with E-state index in [0.29, 0.717) is 17.4 Å². The molecule has 3 aliphatic carbocycles. The molecule has 44 heavy (non-hydrogen) atoms. The molecule has 4 aromatic carbocycles. The first kappa shape index (κ1) is 25.4. The maximum absolute atomic E-state index is 9.96. The molecule has 0 radical (unpaired) electrons. The molecule has 0 bridgehead atoms. The van der Waals surface area contributed by atoms with Gasteiger partial charge in [0.25, 0.3) is 0 Å². The van der Waals surface area contributed by atoms with Crippen molar-refractivity contribution in [2.24, 2.45) is 0 Å². The maximum Gasteiger partial charge on any atom is 0.135 e. The van der Waals surface area contributed by atoms with Gasteiger partial charge < -0.3 is 8.98 Å². The normalized spacial score (nSPS) is 21.8. The van der Waals surface area contributed by atoms with Gasteiger partial charge in [0.05, 0.1) is 17.1 Å². The van der Waals surface area contributed by atoms with Crippen molar-refractivity contribution in [2.45, 2.75) is 50.4 Å². The zero-order chi connectivity index (χ0) is 29.7. The Morgan fingerprint density at radius 3 is 2.30 bits per heavy atom. The van der Waals surface area contributed by atoms with Gasteiger partial charge in [-0.1, -0.05) is 93.6 Å². The van der Waals surface area contributed by atoms with E-state index in [0.717, 1.165) is 23.5 Å². The molecule has 0 saturated carbocycles. The molecule has 0 aliphatic heterocycles. The molecule has 3 atom stereocenters. The minimum Gasteiger partial charge on any atom is -0.456 e. The van der Waals surface area contributed by atoms with Gasteiger partial charge in [0.1, 0.15) is 11.3 Å². The summed E-state index contributed by atoms with van der Waals surface area (Å²) in [5.41, 5.74) is 12.0. The van der Waals surface area contributed by atoms with Gasteiger partial charge in [0.2, 0.25) is 0 Å². The highest BCUT2D eigenvalue weighted by molar-refractivity contribution is 6.10. The number of nitriles is 1. The van der Waals surface area contributed by atoms with Crippen LogP contribution < -0.4 is 0 Å². The molecular formula is C41H32N2O. The van der Waals surface area contributed by atoms with Crippen molar-refractivity contribution in [1.82, 2.24) is 4.57 Å². The summed E-state index contributed by atoms with van der Waals surface area (Å²) in [6, 6.07) is 35.4. The first-order valence-corrected chi connectivity index (χ1v) is 15.6. The molecule has 2 aromatic heterocycles. The summed E-state index contributed by atoms with van der Waals surface area (Å²) in [5.74, 6) is 1.75. The van der Waals surface area contributed by atoms with Gasteiger partial charge in [0.15, 0.2) is 0 Å². The van der Waals surface area contributed by atoms with Crippen LogP contribution in [0.25, 0.3) is 44.5 Å². The molecule has 9 rings (SSSR count). The second-order valence-corrected chi connectivity index (χ2v) is 13.2. The average Bonchev–Trinajstić information content (AvgIpc) is 3.67. The molecule has 3 aliphatic rings. The lowest BCUT2D eigenvalue weighted by atomic mass is 9.72. The SMILES string of the molecule is CC1c2c(oc3ccc(C4CC=C(C#N)C=C4n4c5ccccc5c5ccccc54)cc23)C=C2C1c1ccccc1C2(C)C. The van der Waals surface area contributed by atoms with E-state index < -0.39 is 0 Å². The Balaban J connectivity index is 1.23. The van der Waals surface area contributed by atoms with Crippen LogP contribution in [0.2, 0.25) is 0 Å². The zero-order valence-electron chi connectivity index (χ0n) is 25.1. The second-order valence-electron chi connectivity index (χ2n) is 13.2. The number of rotatable bonds is 2. The van der Waals surface area contributed by atoms with E-state index in [4.69, 9.17) is 4.42 Å². The Bertz CT molecular complexity index is 2280. The first-order valence-electron chi connectivity index (χ1n) is 15.6. The molecule has 0 N–H and O–H groups in total. The van der Waals surface area contributed by atoms with Crippen LogP contribution in [0.5, 0.6) is 0 Å². The number of fused-ring (bicyclic) bond motifs is 9. The molecule has 0 amide bonds. The Morgan fingerprint density at radius 1 is 0.841 bits per heavy atom. The Kier molecular flexibility index (Phi) is 5.19. The van der Waals surface area contributed by atoms with Crippen molar-refractivity contribution in [1.29, 1.82) is 5.26 Å². The molecule has 212 valence electrons. The number of allylic oxidation sites excluding steroid dienone is 5. The highest BCUT2D eigenvalue weighted by atomic mass is 16.3. The summed E-state index contributed by atoms with van der Waals surface area (Å²) in [6.07, 6.45) is 7.29. The highest BCUT2D eigenvalue weighted by Gasteiger charge is 2.47. The standard InChI is InChI=1S/C41H32N2O/c1-24-39-30-12-4-7-13-32(30)41(2,3)33(39)22-38-40(24)31-21-26(17-19-37(31)44-38)27-18-16-25(23-42)20-36(27)43-34-14-8-5-10-28(34)29-11-6-9-15-35(29)43/h4-17,19-22,24,27,39H,18H2,1-3H3. The molecule has 3 heteroatoms. The van der Waals surface area contributed by atoms with Gasteiger partial charge in [-0.05, 0) is 71.0 Å². The lowest BCUT2D eigenvalue weighted by molar-refractivity contribution is 0.539. The van der Waals surface area contributed by atoms with Crippen LogP contribution in [0, 0.1) is 11.3 Å². The van der Waals surface area contributed by atoms with E-state index in [9.17, 15) is 5.26 Å². The van der Waals surface area contributed by atoms with Crippen molar-refractivity contribution in [3.8, 4) is 6.07 Å². The van der Waals surface area contributed by atoms with Gasteiger partial charge in [-0.2, -0.15) is 5.26 Å². The summed E-state index contributed by atoms with van der Waals surface area (Å²) < 4.78 is 8.98. The van der Waals surface area contributed by atoms with Crippen LogP contribution >= 0.6 is 0 Å². The van der Waals surface area contributed by atoms with Crippen molar-refractivity contribution >= 4 is 44.5 Å². The topological polar surface area (TPSA) is 41.9 Å². The van der Waals surface area contributed by atoms with E-state index >= 15 is 0 Å². The van der Waals surface area contributed by atoms with Crippen molar-refractivity contribution < 1.29 is 4.42 Å². The fourth-order valence-corrected chi connectivity index (χ4v) is 8.60. The molecule has 3 unspecified atom stereocenters. The van der Waals surface area contributed by atoms with Crippen molar-refractivity contribution in [3.05, 3.63) is 142 Å². The number of hydrogen-bond acceptors (Lipinski definition) is 2. The van der Waals surface area contributed by atoms with Gasteiger partial charge in [-0.15, -0.1) is 0 Å². The molecule has 3 nitrogen and oxygen atoms in total. The van der Waals surface area contributed by atoms with Crippen LogP contribution in [0.1, 0.15) is 73.0 Å². The van der Waals surface area contributed by atoms with Crippen LogP contribution in [-0.2, 0) is 5.41 Å². The largest absolute Gasteiger partial charge is 0.456 e. The van der Waals surface area contributed by atoms with Gasteiger partial charge in [0, 0.05) is 50.2 Å². The molecular weight excluding hydrogens is 536 g/mol. The van der Waals surface area contributed by atoms with Crippen LogP contribution in [-0.4, -0.2) is 4.57 Å². The van der Waals surface area contributed by atoms with E-state index in [2.05, 4.69) is 141 Å². The first-order chi connectivity index (χ1) is 21.5. The quantitative estimate of drug-likeness (QED) is 0.208. The molecule has 0 spiro atoms. The summed E-state index contributed by atoms with van der Waals surface area (Å²) >= 11 is 0. The van der Waals surface area contributed by atoms with E-state index in [-0.39, 0.29) is 11.3 Å². The summed E-state index contributed by atoms with van der Waals surface area (Å²) in [5, 5.41) is 13.6. The third kappa shape index (κ3) is 3.31. The predicted molar refractivity (Wildman–Crippen MR) is 180 cm³/mol. The fraction of sp³-hybridized carbons (Fsp3) is 0.195. The second kappa shape index (κ2) is 8.97. The number of hydrogen-bond donors (Lipinski definition) is 0. The number of aromatic nitrogens is 1. The van der Waals surface area contributed by atoms with Crippen LogP contribution in [0.4, 0.5) is 0 Å². The number of nitrogens with zero attached hydrogens (tertiary/aromatic N) is 2. The lowest BCUT2D eigenvalue weighted by Crippen LogP contribution is -2.20. The van der Waals surface area contributed by atoms with E-state index in [1.54, 1.807) is 0 Å². The van der Waals surface area contributed by atoms with Crippen molar-refractivity contribution in [3.63, 3.8) is 0 Å². The Labute approximate surface area is 257 Å².